The second-order valence-electron chi connectivity index (χ2n) is 5.02. The van der Waals surface area contributed by atoms with Gasteiger partial charge in [-0.2, -0.15) is 0 Å². The van der Waals surface area contributed by atoms with Crippen LogP contribution in [0.5, 0.6) is 0 Å². The van der Waals surface area contributed by atoms with Crippen LogP contribution in [0, 0.1) is 0 Å². The van der Waals surface area contributed by atoms with Gasteiger partial charge in [0, 0.05) is 5.56 Å². The van der Waals surface area contributed by atoms with Crippen LogP contribution in [0.25, 0.3) is 21.5 Å². The van der Waals surface area contributed by atoms with Crippen LogP contribution in [0.4, 0.5) is 0 Å². The zero-order valence-corrected chi connectivity index (χ0v) is 11.2. The van der Waals surface area contributed by atoms with E-state index in [1.165, 1.54) is 6.92 Å². The van der Waals surface area contributed by atoms with E-state index in [2.05, 4.69) is 24.3 Å². The molecule has 2 nitrogen and oxygen atoms in total. The number of rotatable bonds is 3. The normalized spacial score (nSPS) is 10.8. The summed E-state index contributed by atoms with van der Waals surface area (Å²) in [6.45, 7) is 1.44. The molecule has 0 radical (unpaired) electrons. The Morgan fingerprint density at radius 1 is 0.850 bits per heavy atom. The van der Waals surface area contributed by atoms with Gasteiger partial charge in [-0.05, 0) is 34.5 Å². The second kappa shape index (κ2) is 4.89. The summed E-state index contributed by atoms with van der Waals surface area (Å²) in [5, 5.41) is 4.43. The Balaban J connectivity index is 2.21. The quantitative estimate of drug-likeness (QED) is 0.403. The van der Waals surface area contributed by atoms with Crippen LogP contribution < -0.4 is 0 Å². The van der Waals surface area contributed by atoms with E-state index < -0.39 is 0 Å². The fourth-order valence-electron chi connectivity index (χ4n) is 2.50. The Hall–Kier alpha value is -2.48. The molecular weight excluding hydrogens is 248 g/mol. The van der Waals surface area contributed by atoms with Crippen LogP contribution in [-0.2, 0) is 4.79 Å². The van der Waals surface area contributed by atoms with Crippen LogP contribution >= 0.6 is 0 Å². The molecule has 0 heterocycles. The summed E-state index contributed by atoms with van der Waals surface area (Å²) in [5.41, 5.74) is 0.601. The lowest BCUT2D eigenvalue weighted by Crippen LogP contribution is -2.04. The zero-order chi connectivity index (χ0) is 14.1. The van der Waals surface area contributed by atoms with Crippen molar-refractivity contribution in [3.8, 4) is 0 Å². The van der Waals surface area contributed by atoms with Crippen LogP contribution in [0.15, 0.2) is 54.6 Å². The van der Waals surface area contributed by atoms with E-state index >= 15 is 0 Å². The average molecular weight is 262 g/mol. The van der Waals surface area contributed by atoms with E-state index in [0.717, 1.165) is 21.5 Å². The summed E-state index contributed by atoms with van der Waals surface area (Å²) >= 11 is 0. The molecule has 0 amide bonds. The highest BCUT2D eigenvalue weighted by Gasteiger charge is 2.10. The molecule has 0 aliphatic heterocycles. The molecule has 3 aromatic carbocycles. The zero-order valence-electron chi connectivity index (χ0n) is 11.2. The molecule has 0 N–H and O–H groups in total. The number of Topliss-reactive ketones (excluding diaryl/α,β-unsaturated/α-hetero) is 2. The van der Waals surface area contributed by atoms with Gasteiger partial charge in [0.2, 0.25) is 0 Å². The van der Waals surface area contributed by atoms with E-state index in [9.17, 15) is 9.59 Å². The van der Waals surface area contributed by atoms with Crippen LogP contribution in [0.3, 0.4) is 0 Å². The van der Waals surface area contributed by atoms with Gasteiger partial charge in [0.1, 0.15) is 5.78 Å². The van der Waals surface area contributed by atoms with Gasteiger partial charge in [0.15, 0.2) is 5.78 Å². The number of fused-ring (bicyclic) bond motifs is 3. The van der Waals surface area contributed by atoms with Gasteiger partial charge < -0.3 is 0 Å². The largest absolute Gasteiger partial charge is 0.300 e. The van der Waals surface area contributed by atoms with Gasteiger partial charge >= 0.3 is 0 Å². The highest BCUT2D eigenvalue weighted by molar-refractivity contribution is 6.13. The Morgan fingerprint density at radius 2 is 1.50 bits per heavy atom. The van der Waals surface area contributed by atoms with Crippen molar-refractivity contribution in [2.75, 3.05) is 0 Å². The van der Waals surface area contributed by atoms with E-state index in [1.54, 1.807) is 6.07 Å². The van der Waals surface area contributed by atoms with Crippen molar-refractivity contribution in [1.82, 2.24) is 0 Å². The number of benzene rings is 3. The molecule has 20 heavy (non-hydrogen) atoms. The maximum absolute atomic E-state index is 12.0. The standard InChI is InChI=1S/C18H14O2/c1-12(19)10-18(20)15-9-8-14-7-6-13-4-2-3-5-16(13)17(14)11-15/h2-9,11H,10H2,1H3. The Morgan fingerprint density at radius 3 is 2.25 bits per heavy atom. The lowest BCUT2D eigenvalue weighted by molar-refractivity contribution is -0.116. The van der Waals surface area contributed by atoms with Gasteiger partial charge in [-0.1, -0.05) is 48.5 Å². The molecule has 0 aliphatic carbocycles. The van der Waals surface area contributed by atoms with Crippen molar-refractivity contribution < 1.29 is 9.59 Å². The molecule has 0 spiro atoms. The van der Waals surface area contributed by atoms with Crippen LogP contribution in [0.2, 0.25) is 0 Å². The molecule has 0 fully saturated rings. The first kappa shape index (κ1) is 12.5. The molecule has 0 aromatic heterocycles. The summed E-state index contributed by atoms with van der Waals surface area (Å²) in [5.74, 6) is -0.222. The molecule has 2 heteroatoms. The Kier molecular flexibility index (Phi) is 3.07. The number of hydrogen-bond acceptors (Lipinski definition) is 2. The summed E-state index contributed by atoms with van der Waals surface area (Å²) in [4.78, 5) is 23.1. The van der Waals surface area contributed by atoms with Crippen molar-refractivity contribution >= 4 is 33.1 Å². The maximum Gasteiger partial charge on any atom is 0.170 e. The molecule has 0 unspecified atom stereocenters. The molecule has 0 saturated heterocycles. The number of hydrogen-bond donors (Lipinski definition) is 0. The van der Waals surface area contributed by atoms with E-state index in [4.69, 9.17) is 0 Å². The summed E-state index contributed by atoms with van der Waals surface area (Å²) in [7, 11) is 0. The molecule has 0 aliphatic rings. The molecule has 0 saturated carbocycles. The predicted octanol–water partition coefficient (Wildman–Crippen LogP) is 4.15. The van der Waals surface area contributed by atoms with Gasteiger partial charge in [0.25, 0.3) is 0 Å². The minimum absolute atomic E-state index is 0.0315. The molecule has 3 aromatic rings. The number of carbonyl (C=O) groups is 2. The van der Waals surface area contributed by atoms with E-state index in [-0.39, 0.29) is 18.0 Å². The van der Waals surface area contributed by atoms with Gasteiger partial charge in [-0.25, -0.2) is 0 Å². The maximum atomic E-state index is 12.0. The molecule has 0 atom stereocenters. The van der Waals surface area contributed by atoms with Gasteiger partial charge in [0.05, 0.1) is 6.42 Å². The van der Waals surface area contributed by atoms with E-state index in [0.29, 0.717) is 5.56 Å². The van der Waals surface area contributed by atoms with Crippen molar-refractivity contribution in [2.45, 2.75) is 13.3 Å². The summed E-state index contributed by atoms with van der Waals surface area (Å²) in [6, 6.07) is 17.9. The fraction of sp³-hybridized carbons (Fsp3) is 0.111. The monoisotopic (exact) mass is 262 g/mol. The predicted molar refractivity (Wildman–Crippen MR) is 81.1 cm³/mol. The average Bonchev–Trinajstić information content (AvgIpc) is 2.46. The summed E-state index contributed by atoms with van der Waals surface area (Å²) < 4.78 is 0. The second-order valence-corrected chi connectivity index (χ2v) is 5.02. The lowest BCUT2D eigenvalue weighted by Gasteiger charge is -2.06. The first-order valence-corrected chi connectivity index (χ1v) is 6.59. The third-order valence-corrected chi connectivity index (χ3v) is 3.48. The van der Waals surface area contributed by atoms with E-state index in [1.807, 2.05) is 24.3 Å². The number of carbonyl (C=O) groups excluding carboxylic acids is 2. The first-order chi connectivity index (χ1) is 9.65. The van der Waals surface area contributed by atoms with Crippen molar-refractivity contribution in [3.05, 3.63) is 60.2 Å². The van der Waals surface area contributed by atoms with Crippen molar-refractivity contribution in [1.29, 1.82) is 0 Å². The SMILES string of the molecule is CC(=O)CC(=O)c1ccc2ccc3ccccc3c2c1. The first-order valence-electron chi connectivity index (χ1n) is 6.59. The molecule has 0 bridgehead atoms. The topological polar surface area (TPSA) is 34.1 Å². The molecular formula is C18H14O2. The number of ketones is 2. The minimum Gasteiger partial charge on any atom is -0.300 e. The van der Waals surface area contributed by atoms with Crippen molar-refractivity contribution in [2.24, 2.45) is 0 Å². The Bertz CT molecular complexity index is 831. The van der Waals surface area contributed by atoms with Crippen LogP contribution in [-0.4, -0.2) is 11.6 Å². The minimum atomic E-state index is -0.118. The molecule has 3 rings (SSSR count). The van der Waals surface area contributed by atoms with Crippen LogP contribution in [0.1, 0.15) is 23.7 Å². The smallest absolute Gasteiger partial charge is 0.170 e. The molecule has 98 valence electrons. The Labute approximate surface area is 117 Å². The lowest BCUT2D eigenvalue weighted by atomic mass is 9.97. The third kappa shape index (κ3) is 2.21. The van der Waals surface area contributed by atoms with Crippen molar-refractivity contribution in [3.63, 3.8) is 0 Å². The third-order valence-electron chi connectivity index (χ3n) is 3.48. The van der Waals surface area contributed by atoms with Gasteiger partial charge in [-0.3, -0.25) is 9.59 Å². The summed E-state index contributed by atoms with van der Waals surface area (Å²) in [6.07, 6.45) is -0.0315. The fourth-order valence-corrected chi connectivity index (χ4v) is 2.50. The van der Waals surface area contributed by atoms with Gasteiger partial charge in [-0.15, -0.1) is 0 Å². The highest BCUT2D eigenvalue weighted by atomic mass is 16.1. The highest BCUT2D eigenvalue weighted by Crippen LogP contribution is 2.26.